The number of carbonyl (C=O) groups is 1. The number of carbonyl (C=O) groups excluding carboxylic acids is 1. The van der Waals surface area contributed by atoms with Crippen molar-refractivity contribution in [1.29, 1.82) is 0 Å². The van der Waals surface area contributed by atoms with E-state index in [1.54, 1.807) is 0 Å². The molecule has 0 aliphatic rings. The first kappa shape index (κ1) is 15.4. The molecular weight excluding hydrogens is 308 g/mol. The van der Waals surface area contributed by atoms with E-state index < -0.39 is 0 Å². The summed E-state index contributed by atoms with van der Waals surface area (Å²) >= 11 is 6.08. The quantitative estimate of drug-likeness (QED) is 0.737. The molecule has 0 heterocycles. The molecule has 0 saturated carbocycles. The van der Waals surface area contributed by atoms with Crippen molar-refractivity contribution in [3.63, 3.8) is 0 Å². The lowest BCUT2D eigenvalue weighted by Crippen LogP contribution is -2.29. The van der Waals surface area contributed by atoms with Crippen LogP contribution < -0.4 is 10.6 Å². The lowest BCUT2D eigenvalue weighted by atomic mass is 10.1. The maximum Gasteiger partial charge on any atom is 0.239 e. The smallest absolute Gasteiger partial charge is 0.239 e. The van der Waals surface area contributed by atoms with Crippen molar-refractivity contribution in [1.82, 2.24) is 5.32 Å². The fraction of sp³-hybridized carbons (Fsp3) is 0.105. The van der Waals surface area contributed by atoms with Crippen LogP contribution in [0.2, 0.25) is 5.02 Å². The zero-order valence-corrected chi connectivity index (χ0v) is 13.3. The van der Waals surface area contributed by atoms with Crippen LogP contribution in [0.4, 0.5) is 5.69 Å². The van der Waals surface area contributed by atoms with Gasteiger partial charge in [0, 0.05) is 22.6 Å². The maximum atomic E-state index is 12.0. The Morgan fingerprint density at radius 3 is 2.52 bits per heavy atom. The number of hydrogen-bond donors (Lipinski definition) is 2. The normalized spacial score (nSPS) is 10.5. The molecule has 2 N–H and O–H groups in total. The van der Waals surface area contributed by atoms with Crippen LogP contribution in [-0.2, 0) is 11.3 Å². The van der Waals surface area contributed by atoms with Gasteiger partial charge in [-0.05, 0) is 23.1 Å². The molecule has 4 heteroatoms. The Kier molecular flexibility index (Phi) is 4.79. The van der Waals surface area contributed by atoms with E-state index in [0.717, 1.165) is 22.0 Å². The third-order valence-electron chi connectivity index (χ3n) is 3.66. The number of hydrogen-bond acceptors (Lipinski definition) is 2. The molecule has 0 fully saturated rings. The van der Waals surface area contributed by atoms with E-state index in [1.165, 1.54) is 0 Å². The molecule has 1 amide bonds. The van der Waals surface area contributed by atoms with Gasteiger partial charge in [-0.2, -0.15) is 0 Å². The third kappa shape index (κ3) is 3.82. The lowest BCUT2D eigenvalue weighted by Gasteiger charge is -2.11. The monoisotopic (exact) mass is 324 g/mol. The molecule has 3 rings (SSSR count). The van der Waals surface area contributed by atoms with Gasteiger partial charge in [-0.1, -0.05) is 66.2 Å². The number of amides is 1. The second-order valence-corrected chi connectivity index (χ2v) is 5.66. The highest BCUT2D eigenvalue weighted by molar-refractivity contribution is 6.31. The van der Waals surface area contributed by atoms with Crippen LogP contribution in [-0.4, -0.2) is 12.5 Å². The lowest BCUT2D eigenvalue weighted by molar-refractivity contribution is -0.119. The number of rotatable bonds is 5. The van der Waals surface area contributed by atoms with Crippen LogP contribution in [0.25, 0.3) is 10.8 Å². The minimum atomic E-state index is -0.0714. The molecule has 0 aliphatic carbocycles. The second-order valence-electron chi connectivity index (χ2n) is 5.25. The van der Waals surface area contributed by atoms with Gasteiger partial charge >= 0.3 is 0 Å². The fourth-order valence-electron chi connectivity index (χ4n) is 2.45. The van der Waals surface area contributed by atoms with Crippen molar-refractivity contribution >= 4 is 34.0 Å². The summed E-state index contributed by atoms with van der Waals surface area (Å²) in [6, 6.07) is 21.6. The molecule has 0 saturated heterocycles. The van der Waals surface area contributed by atoms with Gasteiger partial charge in [0.05, 0.1) is 6.54 Å². The van der Waals surface area contributed by atoms with E-state index in [-0.39, 0.29) is 12.5 Å². The first-order chi connectivity index (χ1) is 11.2. The molecule has 0 spiro atoms. The Morgan fingerprint density at radius 2 is 1.65 bits per heavy atom. The van der Waals surface area contributed by atoms with Crippen molar-refractivity contribution in [3.05, 3.63) is 77.3 Å². The molecule has 0 radical (unpaired) electrons. The summed E-state index contributed by atoms with van der Waals surface area (Å²) in [7, 11) is 0. The van der Waals surface area contributed by atoms with E-state index in [4.69, 9.17) is 11.6 Å². The fourth-order valence-corrected chi connectivity index (χ4v) is 2.66. The molecule has 0 unspecified atom stereocenters. The maximum absolute atomic E-state index is 12.0. The molecule has 116 valence electrons. The highest BCUT2D eigenvalue weighted by Crippen LogP contribution is 2.22. The van der Waals surface area contributed by atoms with Gasteiger partial charge in [-0.3, -0.25) is 4.79 Å². The van der Waals surface area contributed by atoms with Crippen molar-refractivity contribution < 1.29 is 4.79 Å². The number of nitrogens with one attached hydrogen (secondary N) is 2. The van der Waals surface area contributed by atoms with Gasteiger partial charge in [0.25, 0.3) is 0 Å². The third-order valence-corrected chi connectivity index (χ3v) is 4.03. The summed E-state index contributed by atoms with van der Waals surface area (Å²) in [5.74, 6) is -0.0714. The molecule has 0 atom stereocenters. The summed E-state index contributed by atoms with van der Waals surface area (Å²) < 4.78 is 0. The first-order valence-corrected chi connectivity index (χ1v) is 7.83. The summed E-state index contributed by atoms with van der Waals surface area (Å²) in [4.78, 5) is 12.0. The molecule has 0 bridgehead atoms. The van der Waals surface area contributed by atoms with E-state index in [0.29, 0.717) is 11.6 Å². The van der Waals surface area contributed by atoms with Crippen LogP contribution in [0.5, 0.6) is 0 Å². The average molecular weight is 325 g/mol. The number of benzene rings is 3. The van der Waals surface area contributed by atoms with Crippen molar-refractivity contribution in [2.24, 2.45) is 0 Å². The average Bonchev–Trinajstić information content (AvgIpc) is 2.59. The van der Waals surface area contributed by atoms with Crippen LogP contribution in [0.1, 0.15) is 5.56 Å². The van der Waals surface area contributed by atoms with E-state index in [1.807, 2.05) is 54.6 Å². The number of fused-ring (bicyclic) bond motifs is 1. The molecular formula is C19H17ClN2O. The molecule has 3 nitrogen and oxygen atoms in total. The van der Waals surface area contributed by atoms with E-state index in [2.05, 4.69) is 22.8 Å². The van der Waals surface area contributed by atoms with Crippen LogP contribution in [0, 0.1) is 0 Å². The summed E-state index contributed by atoms with van der Waals surface area (Å²) in [5, 5.41) is 8.98. The second kappa shape index (κ2) is 7.16. The predicted octanol–water partition coefficient (Wildman–Crippen LogP) is 4.22. The van der Waals surface area contributed by atoms with Gasteiger partial charge in [0.15, 0.2) is 0 Å². The van der Waals surface area contributed by atoms with Crippen LogP contribution in [0.3, 0.4) is 0 Å². The Hall–Kier alpha value is -2.52. The largest absolute Gasteiger partial charge is 0.376 e. The minimum Gasteiger partial charge on any atom is -0.376 e. The Bertz CT molecular complexity index is 827. The molecule has 3 aromatic rings. The highest BCUT2D eigenvalue weighted by Gasteiger charge is 2.05. The number of halogens is 1. The van der Waals surface area contributed by atoms with Gasteiger partial charge in [0.2, 0.25) is 5.91 Å². The van der Waals surface area contributed by atoms with Gasteiger partial charge in [-0.25, -0.2) is 0 Å². The SMILES string of the molecule is O=C(CNc1cccc2ccccc12)NCc1ccccc1Cl. The summed E-state index contributed by atoms with van der Waals surface area (Å²) in [5.41, 5.74) is 1.86. The molecule has 23 heavy (non-hydrogen) atoms. The topological polar surface area (TPSA) is 41.1 Å². The van der Waals surface area contributed by atoms with Gasteiger partial charge in [-0.15, -0.1) is 0 Å². The molecule has 0 aliphatic heterocycles. The van der Waals surface area contributed by atoms with Crippen molar-refractivity contribution in [2.75, 3.05) is 11.9 Å². The van der Waals surface area contributed by atoms with Gasteiger partial charge < -0.3 is 10.6 Å². The molecule has 3 aromatic carbocycles. The zero-order valence-electron chi connectivity index (χ0n) is 12.6. The Morgan fingerprint density at radius 1 is 0.913 bits per heavy atom. The zero-order chi connectivity index (χ0) is 16.1. The predicted molar refractivity (Wildman–Crippen MR) is 95.7 cm³/mol. The summed E-state index contributed by atoms with van der Waals surface area (Å²) in [6.07, 6.45) is 0. The van der Waals surface area contributed by atoms with E-state index >= 15 is 0 Å². The van der Waals surface area contributed by atoms with Crippen molar-refractivity contribution in [2.45, 2.75) is 6.54 Å². The van der Waals surface area contributed by atoms with Crippen molar-refractivity contribution in [3.8, 4) is 0 Å². The van der Waals surface area contributed by atoms with Gasteiger partial charge in [0.1, 0.15) is 0 Å². The number of anilines is 1. The Labute approximate surface area is 140 Å². The Balaban J connectivity index is 1.59. The molecule has 0 aromatic heterocycles. The van der Waals surface area contributed by atoms with Crippen LogP contribution >= 0.6 is 11.6 Å². The highest BCUT2D eigenvalue weighted by atomic mass is 35.5. The standard InChI is InChI=1S/C19H17ClN2O/c20-17-10-4-2-7-15(17)12-22-19(23)13-21-18-11-5-8-14-6-1-3-9-16(14)18/h1-11,21H,12-13H2,(H,22,23). The summed E-state index contributed by atoms with van der Waals surface area (Å²) in [6.45, 7) is 0.647. The first-order valence-electron chi connectivity index (χ1n) is 7.46. The minimum absolute atomic E-state index is 0.0714. The van der Waals surface area contributed by atoms with Crippen LogP contribution in [0.15, 0.2) is 66.7 Å². The van der Waals surface area contributed by atoms with E-state index in [9.17, 15) is 4.79 Å².